The average molecular weight is 345 g/mol. The van der Waals surface area contributed by atoms with Gasteiger partial charge in [0.1, 0.15) is 0 Å². The highest BCUT2D eigenvalue weighted by Gasteiger charge is 2.10. The van der Waals surface area contributed by atoms with Crippen LogP contribution in [0.25, 0.3) is 0 Å². The third-order valence-electron chi connectivity index (χ3n) is 3.32. The number of carbonyl (C=O) groups is 3. The van der Waals surface area contributed by atoms with Crippen molar-refractivity contribution in [3.63, 3.8) is 0 Å². The van der Waals surface area contributed by atoms with Crippen molar-refractivity contribution in [1.82, 2.24) is 5.32 Å². The predicted molar refractivity (Wildman–Crippen MR) is 93.5 cm³/mol. The fraction of sp³-hybridized carbons (Fsp3) is 0.167. The Morgan fingerprint density at radius 3 is 2.33 bits per heavy atom. The lowest BCUT2D eigenvalue weighted by molar-refractivity contribution is -0.116. The highest BCUT2D eigenvalue weighted by Crippen LogP contribution is 2.15. The zero-order chi connectivity index (χ0) is 17.5. The monoisotopic (exact) mass is 344 g/mol. The topological polar surface area (TPSA) is 75.3 Å². The van der Waals surface area contributed by atoms with E-state index in [1.165, 1.54) is 6.92 Å². The molecule has 0 radical (unpaired) electrons. The Kier molecular flexibility index (Phi) is 6.09. The molecule has 0 aliphatic rings. The van der Waals surface area contributed by atoms with Crippen molar-refractivity contribution < 1.29 is 14.4 Å². The van der Waals surface area contributed by atoms with E-state index < -0.39 is 0 Å². The Labute approximate surface area is 145 Å². The van der Waals surface area contributed by atoms with E-state index in [-0.39, 0.29) is 30.6 Å². The number of anilines is 1. The molecule has 2 rings (SSSR count). The fourth-order valence-corrected chi connectivity index (χ4v) is 2.23. The summed E-state index contributed by atoms with van der Waals surface area (Å²) in [5.41, 5.74) is 1.40. The van der Waals surface area contributed by atoms with Crippen LogP contribution in [0.5, 0.6) is 0 Å². The fourth-order valence-electron chi connectivity index (χ4n) is 2.10. The lowest BCUT2D eigenvalue weighted by atomic mass is 10.1. The molecule has 0 heterocycles. The highest BCUT2D eigenvalue weighted by atomic mass is 35.5. The molecule has 24 heavy (non-hydrogen) atoms. The maximum atomic E-state index is 12.0. The molecule has 0 saturated heterocycles. The van der Waals surface area contributed by atoms with Gasteiger partial charge >= 0.3 is 0 Å². The molecule has 2 aromatic carbocycles. The van der Waals surface area contributed by atoms with E-state index in [4.69, 9.17) is 11.6 Å². The summed E-state index contributed by atoms with van der Waals surface area (Å²) < 4.78 is 0. The van der Waals surface area contributed by atoms with Crippen LogP contribution in [0.1, 0.15) is 34.1 Å². The summed E-state index contributed by atoms with van der Waals surface area (Å²) in [5.74, 6) is -0.675. The lowest BCUT2D eigenvalue weighted by Gasteiger charge is -2.09. The van der Waals surface area contributed by atoms with Crippen molar-refractivity contribution >= 4 is 34.9 Å². The van der Waals surface area contributed by atoms with Crippen LogP contribution in [0.15, 0.2) is 48.5 Å². The number of carbonyl (C=O) groups excluding carboxylic acids is 3. The quantitative estimate of drug-likeness (QED) is 0.789. The molecule has 0 fully saturated rings. The zero-order valence-corrected chi connectivity index (χ0v) is 13.9. The van der Waals surface area contributed by atoms with Crippen molar-refractivity contribution in [2.24, 2.45) is 0 Å². The second kappa shape index (κ2) is 8.26. The van der Waals surface area contributed by atoms with Crippen molar-refractivity contribution in [1.29, 1.82) is 0 Å². The van der Waals surface area contributed by atoms with Gasteiger partial charge in [-0.05, 0) is 43.3 Å². The minimum absolute atomic E-state index is 0.103. The Bertz CT molecular complexity index is 757. The number of rotatable bonds is 6. The molecule has 0 bridgehead atoms. The first-order valence-corrected chi connectivity index (χ1v) is 7.79. The highest BCUT2D eigenvalue weighted by molar-refractivity contribution is 6.30. The average Bonchev–Trinajstić information content (AvgIpc) is 2.55. The van der Waals surface area contributed by atoms with Gasteiger partial charge in [0.25, 0.3) is 5.91 Å². The summed E-state index contributed by atoms with van der Waals surface area (Å²) in [7, 11) is 0. The second-order valence-electron chi connectivity index (χ2n) is 5.16. The van der Waals surface area contributed by atoms with Crippen LogP contribution in [-0.4, -0.2) is 24.1 Å². The molecule has 0 aliphatic carbocycles. The van der Waals surface area contributed by atoms with Gasteiger partial charge in [0, 0.05) is 29.1 Å². The first-order chi connectivity index (χ1) is 11.5. The summed E-state index contributed by atoms with van der Waals surface area (Å²) in [5, 5.41) is 5.90. The van der Waals surface area contributed by atoms with Gasteiger partial charge in [0.15, 0.2) is 5.78 Å². The van der Waals surface area contributed by atoms with Crippen LogP contribution in [0.2, 0.25) is 5.02 Å². The van der Waals surface area contributed by atoms with Crippen LogP contribution in [0.3, 0.4) is 0 Å². The molecule has 6 heteroatoms. The number of amides is 2. The SMILES string of the molecule is CC(=O)c1ccccc1NC(=O)CCNC(=O)c1ccc(Cl)cc1. The smallest absolute Gasteiger partial charge is 0.251 e. The number of para-hydroxylation sites is 1. The molecule has 0 aliphatic heterocycles. The van der Waals surface area contributed by atoms with E-state index in [1.54, 1.807) is 48.5 Å². The molecule has 0 saturated carbocycles. The zero-order valence-electron chi connectivity index (χ0n) is 13.1. The minimum Gasteiger partial charge on any atom is -0.352 e. The standard InChI is InChI=1S/C18H17ClN2O3/c1-12(22)15-4-2-3-5-16(15)21-17(23)10-11-20-18(24)13-6-8-14(19)9-7-13/h2-9H,10-11H2,1H3,(H,20,24)(H,21,23). The number of ketones is 1. The van der Waals surface area contributed by atoms with Crippen LogP contribution >= 0.6 is 11.6 Å². The minimum atomic E-state index is -0.278. The summed E-state index contributed by atoms with van der Waals surface area (Å²) >= 11 is 5.77. The molecule has 2 amide bonds. The van der Waals surface area contributed by atoms with Gasteiger partial charge in [-0.3, -0.25) is 14.4 Å². The lowest BCUT2D eigenvalue weighted by Crippen LogP contribution is -2.27. The Morgan fingerprint density at radius 2 is 1.67 bits per heavy atom. The van der Waals surface area contributed by atoms with Crippen molar-refractivity contribution in [3.8, 4) is 0 Å². The van der Waals surface area contributed by atoms with Crippen LogP contribution < -0.4 is 10.6 Å². The maximum Gasteiger partial charge on any atom is 0.251 e. The van der Waals surface area contributed by atoms with Crippen molar-refractivity contribution in [2.45, 2.75) is 13.3 Å². The van der Waals surface area contributed by atoms with Crippen molar-refractivity contribution in [2.75, 3.05) is 11.9 Å². The Morgan fingerprint density at radius 1 is 1.00 bits per heavy atom. The third kappa shape index (κ3) is 4.93. The van der Waals surface area contributed by atoms with Gasteiger partial charge in [0.2, 0.25) is 5.91 Å². The van der Waals surface area contributed by atoms with Gasteiger partial charge in [-0.15, -0.1) is 0 Å². The Hall–Kier alpha value is -2.66. The summed E-state index contributed by atoms with van der Waals surface area (Å²) in [4.78, 5) is 35.4. The van der Waals surface area contributed by atoms with E-state index in [2.05, 4.69) is 10.6 Å². The number of Topliss-reactive ketones (excluding diaryl/α,β-unsaturated/α-hetero) is 1. The van der Waals surface area contributed by atoms with Crippen LogP contribution in [0.4, 0.5) is 5.69 Å². The number of nitrogens with one attached hydrogen (secondary N) is 2. The van der Waals surface area contributed by atoms with E-state index >= 15 is 0 Å². The second-order valence-corrected chi connectivity index (χ2v) is 5.60. The van der Waals surface area contributed by atoms with E-state index in [0.717, 1.165) is 0 Å². The normalized spacial score (nSPS) is 10.1. The van der Waals surface area contributed by atoms with E-state index in [9.17, 15) is 14.4 Å². The molecule has 124 valence electrons. The molecular formula is C18H17ClN2O3. The predicted octanol–water partition coefficient (Wildman–Crippen LogP) is 3.30. The molecule has 0 unspecified atom stereocenters. The molecular weight excluding hydrogens is 328 g/mol. The molecule has 2 N–H and O–H groups in total. The van der Waals surface area contributed by atoms with Gasteiger partial charge in [-0.1, -0.05) is 23.7 Å². The molecule has 5 nitrogen and oxygen atoms in total. The number of hydrogen-bond acceptors (Lipinski definition) is 3. The van der Waals surface area contributed by atoms with E-state index in [0.29, 0.717) is 21.8 Å². The molecule has 0 spiro atoms. The van der Waals surface area contributed by atoms with Crippen LogP contribution in [-0.2, 0) is 4.79 Å². The third-order valence-corrected chi connectivity index (χ3v) is 3.58. The maximum absolute atomic E-state index is 12.0. The molecule has 0 aromatic heterocycles. The van der Waals surface area contributed by atoms with Gasteiger partial charge in [-0.25, -0.2) is 0 Å². The first kappa shape index (κ1) is 17.7. The Balaban J connectivity index is 1.84. The van der Waals surface area contributed by atoms with Gasteiger partial charge in [-0.2, -0.15) is 0 Å². The number of hydrogen-bond donors (Lipinski definition) is 2. The van der Waals surface area contributed by atoms with Gasteiger partial charge < -0.3 is 10.6 Å². The van der Waals surface area contributed by atoms with Crippen LogP contribution in [0, 0.1) is 0 Å². The molecule has 0 atom stereocenters. The van der Waals surface area contributed by atoms with E-state index in [1.807, 2.05) is 0 Å². The van der Waals surface area contributed by atoms with Crippen molar-refractivity contribution in [3.05, 3.63) is 64.7 Å². The van der Waals surface area contributed by atoms with Gasteiger partial charge in [0.05, 0.1) is 5.69 Å². The number of halogens is 1. The summed E-state index contributed by atoms with van der Waals surface area (Å²) in [6.07, 6.45) is 0.103. The summed E-state index contributed by atoms with van der Waals surface area (Å²) in [6.45, 7) is 1.63. The largest absolute Gasteiger partial charge is 0.352 e. The first-order valence-electron chi connectivity index (χ1n) is 7.41. The molecule has 2 aromatic rings. The number of benzene rings is 2. The summed E-state index contributed by atoms with van der Waals surface area (Å²) in [6, 6.07) is 13.3.